The first-order valence-electron chi connectivity index (χ1n) is 6.52. The minimum absolute atomic E-state index is 0.113. The Bertz CT molecular complexity index is 538. The smallest absolute Gasteiger partial charge is 0.332 e. The highest BCUT2D eigenvalue weighted by atomic mass is 16.5. The summed E-state index contributed by atoms with van der Waals surface area (Å²) in [7, 11) is 0. The van der Waals surface area contributed by atoms with E-state index in [1.807, 2.05) is 56.4 Å². The van der Waals surface area contributed by atoms with Gasteiger partial charge < -0.3 is 4.74 Å². The number of hydrogen-bond acceptors (Lipinski definition) is 5. The van der Waals surface area contributed by atoms with Crippen LogP contribution in [0.2, 0.25) is 0 Å². The molecule has 0 unspecified atom stereocenters. The second kappa shape index (κ2) is 6.25. The Kier molecular flexibility index (Phi) is 4.42. The number of ether oxygens (including phenoxy) is 1. The topological polar surface area (TPSA) is 44.8 Å². The van der Waals surface area contributed by atoms with Crippen LogP contribution >= 0.6 is 0 Å². The zero-order valence-electron chi connectivity index (χ0n) is 11.9. The van der Waals surface area contributed by atoms with Crippen molar-refractivity contribution in [1.29, 1.82) is 0 Å². The van der Waals surface area contributed by atoms with E-state index in [4.69, 9.17) is 4.74 Å². The van der Waals surface area contributed by atoms with Gasteiger partial charge in [-0.3, -0.25) is 10.0 Å². The van der Waals surface area contributed by atoms with Gasteiger partial charge in [0.2, 0.25) is 0 Å². The van der Waals surface area contributed by atoms with Gasteiger partial charge in [-0.15, -0.1) is 5.53 Å². The van der Waals surface area contributed by atoms with Crippen LogP contribution < -0.4 is 10.5 Å². The molecule has 1 heterocycles. The first-order valence-corrected chi connectivity index (χ1v) is 6.52. The molecule has 0 radical (unpaired) electrons. The van der Waals surface area contributed by atoms with Crippen molar-refractivity contribution in [3.05, 3.63) is 54.5 Å². The van der Waals surface area contributed by atoms with Crippen LogP contribution in [-0.2, 0) is 9.53 Å². The monoisotopic (exact) mass is 273 g/mol. The molecule has 2 rings (SSSR count). The van der Waals surface area contributed by atoms with E-state index in [0.29, 0.717) is 0 Å². The van der Waals surface area contributed by atoms with E-state index >= 15 is 0 Å². The molecule has 0 atom stereocenters. The van der Waals surface area contributed by atoms with Gasteiger partial charge in [0.25, 0.3) is 0 Å². The van der Waals surface area contributed by atoms with Crippen LogP contribution in [-0.4, -0.2) is 17.1 Å². The fourth-order valence-electron chi connectivity index (χ4n) is 1.75. The Hall–Kier alpha value is -2.27. The summed E-state index contributed by atoms with van der Waals surface area (Å²) in [5.74, 6) is -0.357. The fourth-order valence-corrected chi connectivity index (χ4v) is 1.75. The first kappa shape index (κ1) is 14.1. The number of esters is 1. The zero-order valence-corrected chi connectivity index (χ0v) is 11.9. The van der Waals surface area contributed by atoms with Gasteiger partial charge >= 0.3 is 5.97 Å². The van der Waals surface area contributed by atoms with Gasteiger partial charge in [-0.2, -0.15) is 0 Å². The highest BCUT2D eigenvalue weighted by Crippen LogP contribution is 2.17. The number of hydrazine groups is 2. The van der Waals surface area contributed by atoms with Gasteiger partial charge in [0, 0.05) is 24.7 Å². The van der Waals surface area contributed by atoms with E-state index in [0.717, 1.165) is 5.69 Å². The third kappa shape index (κ3) is 3.86. The van der Waals surface area contributed by atoms with Crippen LogP contribution in [0.3, 0.4) is 0 Å². The molecule has 20 heavy (non-hydrogen) atoms. The predicted octanol–water partition coefficient (Wildman–Crippen LogP) is 2.47. The lowest BCUT2D eigenvalue weighted by molar-refractivity contribution is -0.141. The molecule has 5 heteroatoms. The third-order valence-corrected chi connectivity index (χ3v) is 2.60. The van der Waals surface area contributed by atoms with E-state index < -0.39 is 0 Å². The third-order valence-electron chi connectivity index (χ3n) is 2.60. The molecule has 1 aliphatic heterocycles. The van der Waals surface area contributed by atoms with Crippen LogP contribution in [0.15, 0.2) is 48.9 Å². The van der Waals surface area contributed by atoms with Crippen molar-refractivity contribution in [3.63, 3.8) is 0 Å². The summed E-state index contributed by atoms with van der Waals surface area (Å²) < 4.78 is 5.02. The highest BCUT2D eigenvalue weighted by Gasteiger charge is 2.11. The van der Waals surface area contributed by atoms with Crippen molar-refractivity contribution in [1.82, 2.24) is 10.5 Å². The molecule has 0 saturated carbocycles. The number of aryl methyl sites for hydroxylation is 1. The van der Waals surface area contributed by atoms with Crippen molar-refractivity contribution in [2.45, 2.75) is 26.9 Å². The summed E-state index contributed by atoms with van der Waals surface area (Å²) >= 11 is 0. The van der Waals surface area contributed by atoms with E-state index in [1.165, 1.54) is 11.6 Å². The first-order chi connectivity index (χ1) is 9.54. The molecular weight excluding hydrogens is 254 g/mol. The Morgan fingerprint density at radius 3 is 2.85 bits per heavy atom. The van der Waals surface area contributed by atoms with Crippen molar-refractivity contribution in [3.8, 4) is 0 Å². The van der Waals surface area contributed by atoms with Gasteiger partial charge in [-0.1, -0.05) is 12.1 Å². The van der Waals surface area contributed by atoms with E-state index in [9.17, 15) is 4.79 Å². The van der Waals surface area contributed by atoms with Gasteiger partial charge in [0.15, 0.2) is 0 Å². The molecule has 5 nitrogen and oxygen atoms in total. The number of carbonyl (C=O) groups is 1. The molecule has 0 fully saturated rings. The van der Waals surface area contributed by atoms with Crippen LogP contribution in [0.1, 0.15) is 19.4 Å². The molecule has 106 valence electrons. The Balaban J connectivity index is 1.92. The van der Waals surface area contributed by atoms with Crippen molar-refractivity contribution >= 4 is 11.7 Å². The van der Waals surface area contributed by atoms with Crippen LogP contribution in [0.5, 0.6) is 0 Å². The second-order valence-electron chi connectivity index (χ2n) is 4.82. The Morgan fingerprint density at radius 2 is 2.15 bits per heavy atom. The number of nitrogens with one attached hydrogen (secondary N) is 1. The van der Waals surface area contributed by atoms with E-state index in [2.05, 4.69) is 11.6 Å². The number of benzene rings is 1. The number of nitrogens with zero attached hydrogens (tertiary/aromatic N) is 2. The number of anilines is 1. The molecule has 1 aromatic carbocycles. The molecule has 1 N–H and O–H groups in total. The van der Waals surface area contributed by atoms with Gasteiger partial charge in [-0.25, -0.2) is 4.79 Å². The standard InChI is InChI=1S/C15H19N3O2/c1-12(2)20-15(19)7-8-17-9-10-18(16-17)14-6-4-5-13(3)11-14/h4-12,16H,1-3H3. The summed E-state index contributed by atoms with van der Waals surface area (Å²) in [4.78, 5) is 11.4. The average Bonchev–Trinajstić information content (AvgIpc) is 2.84. The molecule has 0 aromatic heterocycles. The molecule has 0 amide bonds. The Morgan fingerprint density at radius 1 is 1.35 bits per heavy atom. The zero-order chi connectivity index (χ0) is 14.5. The molecule has 1 aliphatic rings. The lowest BCUT2D eigenvalue weighted by Crippen LogP contribution is -2.36. The van der Waals surface area contributed by atoms with E-state index in [-0.39, 0.29) is 12.1 Å². The number of rotatable bonds is 4. The van der Waals surface area contributed by atoms with Gasteiger partial charge in [0.05, 0.1) is 11.8 Å². The van der Waals surface area contributed by atoms with Crippen LogP contribution in [0, 0.1) is 6.92 Å². The highest BCUT2D eigenvalue weighted by molar-refractivity contribution is 5.81. The molecule has 0 bridgehead atoms. The molecule has 0 aliphatic carbocycles. The van der Waals surface area contributed by atoms with Crippen molar-refractivity contribution < 1.29 is 9.53 Å². The van der Waals surface area contributed by atoms with E-state index in [1.54, 1.807) is 11.2 Å². The summed E-state index contributed by atoms with van der Waals surface area (Å²) in [6.07, 6.45) is 6.60. The number of carbonyl (C=O) groups excluding carboxylic acids is 1. The minimum Gasteiger partial charge on any atom is -0.460 e. The lowest BCUT2D eigenvalue weighted by atomic mass is 10.2. The molecule has 0 saturated heterocycles. The maximum absolute atomic E-state index is 11.4. The fraction of sp³-hybridized carbons (Fsp3) is 0.267. The maximum atomic E-state index is 11.4. The molecule has 1 aromatic rings. The summed E-state index contributed by atoms with van der Waals surface area (Å²) in [5, 5.41) is 3.55. The quantitative estimate of drug-likeness (QED) is 0.674. The average molecular weight is 273 g/mol. The van der Waals surface area contributed by atoms with Gasteiger partial charge in [-0.05, 0) is 38.5 Å². The molecular formula is C15H19N3O2. The molecule has 0 spiro atoms. The second-order valence-corrected chi connectivity index (χ2v) is 4.82. The maximum Gasteiger partial charge on any atom is 0.332 e. The van der Waals surface area contributed by atoms with Crippen LogP contribution in [0.4, 0.5) is 5.69 Å². The largest absolute Gasteiger partial charge is 0.460 e. The number of hydrogen-bond donors (Lipinski definition) is 1. The van der Waals surface area contributed by atoms with Crippen molar-refractivity contribution in [2.75, 3.05) is 5.01 Å². The van der Waals surface area contributed by atoms with Crippen LogP contribution in [0.25, 0.3) is 0 Å². The normalized spacial score (nSPS) is 14.6. The summed E-state index contributed by atoms with van der Waals surface area (Å²) in [6, 6.07) is 8.11. The van der Waals surface area contributed by atoms with Gasteiger partial charge in [0.1, 0.15) is 0 Å². The lowest BCUT2D eigenvalue weighted by Gasteiger charge is -2.20. The predicted molar refractivity (Wildman–Crippen MR) is 78.1 cm³/mol. The van der Waals surface area contributed by atoms with Crippen molar-refractivity contribution in [2.24, 2.45) is 0 Å². The minimum atomic E-state index is -0.357. The summed E-state index contributed by atoms with van der Waals surface area (Å²) in [5.41, 5.74) is 5.32. The SMILES string of the molecule is Cc1cccc(N2C=CN(C=CC(=O)OC(C)C)N2)c1. The summed E-state index contributed by atoms with van der Waals surface area (Å²) in [6.45, 7) is 5.68. The Labute approximate surface area is 119 Å².